The normalized spacial score (nSPS) is 19.2. The smallest absolute Gasteiger partial charge is 0.406 e. The second kappa shape index (κ2) is 7.18. The van der Waals surface area contributed by atoms with Gasteiger partial charge in [0.1, 0.15) is 12.3 Å². The molecule has 2 aliphatic rings. The van der Waals surface area contributed by atoms with Gasteiger partial charge in [-0.3, -0.25) is 9.59 Å². The number of amides is 2. The Kier molecular flexibility index (Phi) is 5.45. The second-order valence-electron chi connectivity index (χ2n) is 5.88. The minimum absolute atomic E-state index is 0.0462. The molecule has 1 aliphatic carbocycles. The van der Waals surface area contributed by atoms with Crippen molar-refractivity contribution in [3.63, 3.8) is 0 Å². The predicted molar refractivity (Wildman–Crippen MR) is 75.7 cm³/mol. The lowest BCUT2D eigenvalue weighted by Gasteiger charge is -2.30. The van der Waals surface area contributed by atoms with Gasteiger partial charge in [-0.15, -0.1) is 0 Å². The number of ether oxygens (including phenoxy) is 1. The van der Waals surface area contributed by atoms with Crippen molar-refractivity contribution in [3.8, 4) is 0 Å². The Labute approximate surface area is 136 Å². The van der Waals surface area contributed by atoms with Gasteiger partial charge in [-0.05, 0) is 25.7 Å². The van der Waals surface area contributed by atoms with Crippen molar-refractivity contribution in [2.24, 2.45) is 11.0 Å². The first-order chi connectivity index (χ1) is 11.2. The first-order valence-corrected chi connectivity index (χ1v) is 7.56. The maximum Gasteiger partial charge on any atom is 0.406 e. The largest absolute Gasteiger partial charge is 0.451 e. The number of halogens is 3. The summed E-state index contributed by atoms with van der Waals surface area (Å²) in [7, 11) is 0. The summed E-state index contributed by atoms with van der Waals surface area (Å²) in [6.07, 6.45) is -2.86. The maximum absolute atomic E-state index is 12.7. The van der Waals surface area contributed by atoms with Gasteiger partial charge in [-0.25, -0.2) is 10.2 Å². The van der Waals surface area contributed by atoms with E-state index in [0.717, 1.165) is 12.8 Å². The SMILES string of the molecule is C[C@H](C1CC1)N(CC(F)(F)F)C(=O)COC(=O)C1=NNC(=O)CC1. The van der Waals surface area contributed by atoms with E-state index in [0.29, 0.717) is 4.90 Å². The molecule has 0 aromatic rings. The molecule has 7 nitrogen and oxygen atoms in total. The van der Waals surface area contributed by atoms with E-state index < -0.39 is 37.2 Å². The molecule has 0 unspecified atom stereocenters. The van der Waals surface area contributed by atoms with Gasteiger partial charge < -0.3 is 9.64 Å². The minimum Gasteiger partial charge on any atom is -0.451 e. The van der Waals surface area contributed by atoms with Crippen molar-refractivity contribution in [1.29, 1.82) is 0 Å². The summed E-state index contributed by atoms with van der Waals surface area (Å²) < 4.78 is 42.8. The number of carbonyl (C=O) groups is 3. The van der Waals surface area contributed by atoms with Crippen molar-refractivity contribution >= 4 is 23.5 Å². The van der Waals surface area contributed by atoms with Crippen LogP contribution >= 0.6 is 0 Å². The summed E-state index contributed by atoms with van der Waals surface area (Å²) in [6.45, 7) is -0.610. The number of carbonyl (C=O) groups excluding carboxylic acids is 3. The van der Waals surface area contributed by atoms with Gasteiger partial charge in [-0.1, -0.05) is 0 Å². The number of alkyl halides is 3. The molecule has 134 valence electrons. The molecular weight excluding hydrogens is 331 g/mol. The highest BCUT2D eigenvalue weighted by atomic mass is 19.4. The van der Waals surface area contributed by atoms with Crippen LogP contribution in [0, 0.1) is 5.92 Å². The van der Waals surface area contributed by atoms with Crippen LogP contribution in [0.25, 0.3) is 0 Å². The van der Waals surface area contributed by atoms with Crippen LogP contribution < -0.4 is 5.43 Å². The van der Waals surface area contributed by atoms with Gasteiger partial charge in [0.25, 0.3) is 5.91 Å². The fourth-order valence-electron chi connectivity index (χ4n) is 2.40. The van der Waals surface area contributed by atoms with Crippen LogP contribution in [0.4, 0.5) is 13.2 Å². The van der Waals surface area contributed by atoms with Gasteiger partial charge in [-0.2, -0.15) is 18.3 Å². The van der Waals surface area contributed by atoms with E-state index in [9.17, 15) is 27.6 Å². The molecule has 1 saturated carbocycles. The number of nitrogens with zero attached hydrogens (tertiary/aromatic N) is 2. The van der Waals surface area contributed by atoms with E-state index in [4.69, 9.17) is 4.74 Å². The summed E-state index contributed by atoms with van der Waals surface area (Å²) in [6, 6.07) is -0.566. The minimum atomic E-state index is -4.53. The van der Waals surface area contributed by atoms with Crippen LogP contribution in [0.5, 0.6) is 0 Å². The molecule has 0 aromatic carbocycles. The fourth-order valence-corrected chi connectivity index (χ4v) is 2.40. The molecular formula is C14H18F3N3O4. The molecule has 10 heteroatoms. The number of hydrogen-bond donors (Lipinski definition) is 1. The zero-order valence-corrected chi connectivity index (χ0v) is 13.1. The first kappa shape index (κ1) is 18.2. The molecule has 0 saturated heterocycles. The third kappa shape index (κ3) is 5.20. The van der Waals surface area contributed by atoms with E-state index in [2.05, 4.69) is 10.5 Å². The Hall–Kier alpha value is -2.13. The Balaban J connectivity index is 1.92. The molecule has 1 heterocycles. The molecule has 1 fully saturated rings. The molecule has 24 heavy (non-hydrogen) atoms. The van der Waals surface area contributed by atoms with Crippen molar-refractivity contribution in [1.82, 2.24) is 10.3 Å². The Bertz CT molecular complexity index is 558. The number of rotatable bonds is 6. The van der Waals surface area contributed by atoms with Crippen LogP contribution in [-0.2, 0) is 19.1 Å². The molecule has 1 atom stereocenters. The molecule has 0 aromatic heterocycles. The summed E-state index contributed by atoms with van der Waals surface area (Å²) >= 11 is 0. The van der Waals surface area contributed by atoms with Gasteiger partial charge in [0, 0.05) is 18.9 Å². The highest BCUT2D eigenvalue weighted by molar-refractivity contribution is 6.37. The predicted octanol–water partition coefficient (Wildman–Crippen LogP) is 0.985. The number of nitrogens with one attached hydrogen (secondary N) is 1. The van der Waals surface area contributed by atoms with Gasteiger partial charge in [0.05, 0.1) is 0 Å². The zero-order valence-electron chi connectivity index (χ0n) is 13.1. The summed E-state index contributed by atoms with van der Waals surface area (Å²) in [5.74, 6) is -2.13. The van der Waals surface area contributed by atoms with E-state index in [-0.39, 0.29) is 30.4 Å². The molecule has 1 aliphatic heterocycles. The third-order valence-electron chi connectivity index (χ3n) is 3.93. The van der Waals surface area contributed by atoms with Gasteiger partial charge in [0.15, 0.2) is 6.61 Å². The number of hydrogen-bond acceptors (Lipinski definition) is 5. The fraction of sp³-hybridized carbons (Fsp3) is 0.714. The van der Waals surface area contributed by atoms with Crippen molar-refractivity contribution < 1.29 is 32.3 Å². The Morgan fingerprint density at radius 2 is 2.04 bits per heavy atom. The van der Waals surface area contributed by atoms with Crippen LogP contribution in [0.3, 0.4) is 0 Å². The molecule has 0 radical (unpaired) electrons. The maximum atomic E-state index is 12.7. The highest BCUT2D eigenvalue weighted by Crippen LogP contribution is 2.36. The lowest BCUT2D eigenvalue weighted by molar-refractivity contribution is -0.169. The topological polar surface area (TPSA) is 88.1 Å². The monoisotopic (exact) mass is 349 g/mol. The first-order valence-electron chi connectivity index (χ1n) is 7.56. The average molecular weight is 349 g/mol. The van der Waals surface area contributed by atoms with Gasteiger partial charge >= 0.3 is 12.1 Å². The molecule has 2 rings (SSSR count). The van der Waals surface area contributed by atoms with E-state index >= 15 is 0 Å². The van der Waals surface area contributed by atoms with Crippen molar-refractivity contribution in [2.75, 3.05) is 13.2 Å². The Morgan fingerprint density at radius 3 is 2.54 bits per heavy atom. The summed E-state index contributed by atoms with van der Waals surface area (Å²) in [5, 5.41) is 3.50. The highest BCUT2D eigenvalue weighted by Gasteiger charge is 2.40. The number of hydrazone groups is 1. The summed E-state index contributed by atoms with van der Waals surface area (Å²) in [4.78, 5) is 35.4. The van der Waals surface area contributed by atoms with E-state index in [1.54, 1.807) is 6.92 Å². The van der Waals surface area contributed by atoms with Crippen LogP contribution in [0.1, 0.15) is 32.6 Å². The second-order valence-corrected chi connectivity index (χ2v) is 5.88. The molecule has 1 N–H and O–H groups in total. The quantitative estimate of drug-likeness (QED) is 0.724. The van der Waals surface area contributed by atoms with Crippen molar-refractivity contribution in [2.45, 2.75) is 44.8 Å². The lowest BCUT2D eigenvalue weighted by atomic mass is 10.1. The molecule has 0 bridgehead atoms. The summed E-state index contributed by atoms with van der Waals surface area (Å²) in [5.41, 5.74) is 2.03. The van der Waals surface area contributed by atoms with E-state index in [1.807, 2.05) is 0 Å². The average Bonchev–Trinajstić information content (AvgIpc) is 3.34. The molecule has 0 spiro atoms. The Morgan fingerprint density at radius 1 is 1.38 bits per heavy atom. The van der Waals surface area contributed by atoms with Crippen molar-refractivity contribution in [3.05, 3.63) is 0 Å². The lowest BCUT2D eigenvalue weighted by Crippen LogP contribution is -2.47. The number of esters is 1. The standard InChI is InChI=1S/C14H18F3N3O4/c1-8(9-2-3-9)20(7-14(15,16)17)12(22)6-24-13(23)10-4-5-11(21)19-18-10/h8-9H,2-7H2,1H3,(H,19,21)/t8-/m1/s1. The van der Waals surface area contributed by atoms with Crippen LogP contribution in [-0.4, -0.2) is 53.8 Å². The van der Waals surface area contributed by atoms with Crippen LogP contribution in [0.2, 0.25) is 0 Å². The van der Waals surface area contributed by atoms with E-state index in [1.165, 1.54) is 0 Å². The molecule has 2 amide bonds. The zero-order chi connectivity index (χ0) is 17.9. The third-order valence-corrected chi connectivity index (χ3v) is 3.93. The van der Waals surface area contributed by atoms with Crippen LogP contribution in [0.15, 0.2) is 5.10 Å². The van der Waals surface area contributed by atoms with Gasteiger partial charge in [0.2, 0.25) is 5.91 Å².